The molecule has 0 aliphatic heterocycles. The van der Waals surface area contributed by atoms with Crippen molar-refractivity contribution in [2.45, 2.75) is 71.0 Å². The molecule has 1 N–H and O–H groups in total. The maximum Gasteiger partial charge on any atom is 0.242 e. The van der Waals surface area contributed by atoms with E-state index in [-0.39, 0.29) is 43.8 Å². The third-order valence-corrected chi connectivity index (χ3v) is 7.93. The third kappa shape index (κ3) is 7.93. The quantitative estimate of drug-likeness (QED) is 0.405. The number of carbonyl (C=O) groups excluding carboxylic acids is 2. The van der Waals surface area contributed by atoms with Gasteiger partial charge in [-0.1, -0.05) is 43.2 Å². The van der Waals surface area contributed by atoms with Crippen LogP contribution in [0.1, 0.15) is 57.9 Å². The van der Waals surface area contributed by atoms with Crippen LogP contribution in [0.4, 0.5) is 10.1 Å². The normalized spacial score (nSPS) is 14.6. The molecule has 1 atom stereocenters. The van der Waals surface area contributed by atoms with Crippen LogP contribution >= 0.6 is 0 Å². The zero-order valence-electron chi connectivity index (χ0n) is 22.4. The Morgan fingerprint density at radius 1 is 1.11 bits per heavy atom. The number of halogens is 1. The molecule has 1 saturated carbocycles. The van der Waals surface area contributed by atoms with Crippen LogP contribution in [0.25, 0.3) is 0 Å². The van der Waals surface area contributed by atoms with E-state index in [1.807, 2.05) is 6.92 Å². The Morgan fingerprint density at radius 2 is 1.76 bits per heavy atom. The van der Waals surface area contributed by atoms with E-state index in [4.69, 9.17) is 4.74 Å². The van der Waals surface area contributed by atoms with Crippen molar-refractivity contribution >= 4 is 27.5 Å². The van der Waals surface area contributed by atoms with E-state index in [0.717, 1.165) is 31.9 Å². The van der Waals surface area contributed by atoms with Crippen LogP contribution in [0.3, 0.4) is 0 Å². The van der Waals surface area contributed by atoms with Crippen molar-refractivity contribution in [1.29, 1.82) is 0 Å². The van der Waals surface area contributed by atoms with Crippen molar-refractivity contribution in [3.8, 4) is 5.75 Å². The summed E-state index contributed by atoms with van der Waals surface area (Å²) >= 11 is 0. The molecule has 0 spiro atoms. The first-order valence-corrected chi connectivity index (χ1v) is 15.0. The molecule has 1 fully saturated rings. The van der Waals surface area contributed by atoms with Crippen LogP contribution < -0.4 is 14.4 Å². The molecule has 2 amide bonds. The number of nitrogens with zero attached hydrogens (tertiary/aromatic N) is 2. The van der Waals surface area contributed by atoms with Gasteiger partial charge in [-0.2, -0.15) is 0 Å². The number of benzene rings is 2. The number of amides is 2. The van der Waals surface area contributed by atoms with E-state index in [2.05, 4.69) is 5.32 Å². The number of rotatable bonds is 13. The van der Waals surface area contributed by atoms with Gasteiger partial charge in [-0.25, -0.2) is 12.8 Å². The second-order valence-electron chi connectivity index (χ2n) is 9.62. The molecule has 208 valence electrons. The number of para-hydroxylation sites is 2. The second-order valence-corrected chi connectivity index (χ2v) is 11.5. The Morgan fingerprint density at radius 3 is 2.42 bits per heavy atom. The number of nitrogens with one attached hydrogen (secondary N) is 1. The number of anilines is 1. The first-order chi connectivity index (χ1) is 18.1. The maximum absolute atomic E-state index is 14.5. The van der Waals surface area contributed by atoms with Crippen molar-refractivity contribution in [2.75, 3.05) is 23.7 Å². The standard InChI is InChI=1S/C28H38FN3O5S/c1-4-37-26-17-10-9-16-25(26)32(38(3,35)36)19-11-18-27(33)31(20-22-12-5-8-15-24(22)29)21(2)28(34)30-23-13-6-7-14-23/h5,8-10,12,15-17,21,23H,4,6-7,11,13-14,18-20H2,1-3H3,(H,30,34)/t21-/m0/s1. The minimum absolute atomic E-state index is 0.0156. The molecular formula is C28H38FN3O5S. The van der Waals surface area contributed by atoms with Gasteiger partial charge in [-0.05, 0) is 51.3 Å². The fourth-order valence-corrected chi connectivity index (χ4v) is 5.68. The van der Waals surface area contributed by atoms with Crippen molar-refractivity contribution < 1.29 is 27.1 Å². The van der Waals surface area contributed by atoms with Gasteiger partial charge in [0.2, 0.25) is 21.8 Å². The largest absolute Gasteiger partial charge is 0.492 e. The van der Waals surface area contributed by atoms with Gasteiger partial charge in [-0.3, -0.25) is 13.9 Å². The van der Waals surface area contributed by atoms with Gasteiger partial charge >= 0.3 is 0 Å². The third-order valence-electron chi connectivity index (χ3n) is 6.75. The average Bonchev–Trinajstić information content (AvgIpc) is 3.39. The molecule has 0 radical (unpaired) electrons. The summed E-state index contributed by atoms with van der Waals surface area (Å²) in [6.07, 6.45) is 5.22. The topological polar surface area (TPSA) is 96.0 Å². The molecule has 38 heavy (non-hydrogen) atoms. The lowest BCUT2D eigenvalue weighted by Gasteiger charge is -2.30. The highest BCUT2D eigenvalue weighted by atomic mass is 32.2. The summed E-state index contributed by atoms with van der Waals surface area (Å²) in [6, 6.07) is 12.3. The van der Waals surface area contributed by atoms with Gasteiger partial charge in [0, 0.05) is 31.1 Å². The highest BCUT2D eigenvalue weighted by molar-refractivity contribution is 7.92. The molecule has 0 saturated heterocycles. The van der Waals surface area contributed by atoms with Gasteiger partial charge in [0.25, 0.3) is 0 Å². The molecule has 0 bridgehead atoms. The van der Waals surface area contributed by atoms with E-state index >= 15 is 0 Å². The molecule has 0 unspecified atom stereocenters. The molecule has 0 aromatic heterocycles. The average molecular weight is 548 g/mol. The summed E-state index contributed by atoms with van der Waals surface area (Å²) in [6.45, 7) is 3.82. The summed E-state index contributed by atoms with van der Waals surface area (Å²) in [5.41, 5.74) is 0.710. The molecule has 0 heterocycles. The molecule has 10 heteroatoms. The highest BCUT2D eigenvalue weighted by Gasteiger charge is 2.29. The Labute approximate surface area is 225 Å². The van der Waals surface area contributed by atoms with E-state index in [1.165, 1.54) is 15.3 Å². The van der Waals surface area contributed by atoms with Crippen LogP contribution in [-0.4, -0.2) is 56.6 Å². The first kappa shape index (κ1) is 29.4. The smallest absolute Gasteiger partial charge is 0.242 e. The molecule has 1 aliphatic carbocycles. The number of ether oxygens (including phenoxy) is 1. The van der Waals surface area contributed by atoms with Crippen LogP contribution in [0.15, 0.2) is 48.5 Å². The number of hydrogen-bond acceptors (Lipinski definition) is 5. The fourth-order valence-electron chi connectivity index (χ4n) is 4.71. The maximum atomic E-state index is 14.5. The summed E-state index contributed by atoms with van der Waals surface area (Å²) in [7, 11) is -3.66. The van der Waals surface area contributed by atoms with Gasteiger partial charge in [-0.15, -0.1) is 0 Å². The fraction of sp³-hybridized carbons (Fsp3) is 0.500. The highest BCUT2D eigenvalue weighted by Crippen LogP contribution is 2.30. The minimum atomic E-state index is -3.66. The van der Waals surface area contributed by atoms with E-state index < -0.39 is 21.9 Å². The van der Waals surface area contributed by atoms with E-state index in [1.54, 1.807) is 49.4 Å². The van der Waals surface area contributed by atoms with Gasteiger partial charge in [0.1, 0.15) is 17.6 Å². The van der Waals surface area contributed by atoms with Crippen LogP contribution in [0.5, 0.6) is 5.75 Å². The van der Waals surface area contributed by atoms with Crippen LogP contribution in [0.2, 0.25) is 0 Å². The van der Waals surface area contributed by atoms with E-state index in [0.29, 0.717) is 23.6 Å². The predicted molar refractivity (Wildman–Crippen MR) is 146 cm³/mol. The minimum Gasteiger partial charge on any atom is -0.492 e. The SMILES string of the molecule is CCOc1ccccc1N(CCCC(=O)N(Cc1ccccc1F)[C@@H](C)C(=O)NC1CCCC1)S(C)(=O)=O. The monoisotopic (exact) mass is 547 g/mol. The molecule has 2 aromatic carbocycles. The second kappa shape index (κ2) is 13.6. The molecule has 8 nitrogen and oxygen atoms in total. The lowest BCUT2D eigenvalue weighted by molar-refractivity contribution is -0.141. The van der Waals surface area contributed by atoms with Crippen LogP contribution in [0, 0.1) is 5.82 Å². The molecule has 2 aromatic rings. The van der Waals surface area contributed by atoms with Crippen LogP contribution in [-0.2, 0) is 26.2 Å². The molecule has 3 rings (SSSR count). The van der Waals surface area contributed by atoms with Crippen molar-refractivity contribution in [1.82, 2.24) is 10.2 Å². The van der Waals surface area contributed by atoms with Gasteiger partial charge in [0.15, 0.2) is 0 Å². The lowest BCUT2D eigenvalue weighted by atomic mass is 10.1. The van der Waals surface area contributed by atoms with Crippen molar-refractivity contribution in [3.63, 3.8) is 0 Å². The zero-order chi connectivity index (χ0) is 27.7. The lowest BCUT2D eigenvalue weighted by Crippen LogP contribution is -2.49. The summed E-state index contributed by atoms with van der Waals surface area (Å²) in [5, 5.41) is 3.02. The van der Waals surface area contributed by atoms with Crippen molar-refractivity contribution in [3.05, 3.63) is 59.9 Å². The Hall–Kier alpha value is -3.14. The zero-order valence-corrected chi connectivity index (χ0v) is 23.2. The van der Waals surface area contributed by atoms with E-state index in [9.17, 15) is 22.4 Å². The Kier molecular flexibility index (Phi) is 10.5. The van der Waals surface area contributed by atoms with Crippen molar-refractivity contribution in [2.24, 2.45) is 0 Å². The summed E-state index contributed by atoms with van der Waals surface area (Å²) in [5.74, 6) is -0.645. The van der Waals surface area contributed by atoms with Gasteiger partial charge < -0.3 is 15.0 Å². The summed E-state index contributed by atoms with van der Waals surface area (Å²) in [4.78, 5) is 27.8. The van der Waals surface area contributed by atoms with Gasteiger partial charge in [0.05, 0.1) is 18.6 Å². The molecular weight excluding hydrogens is 509 g/mol. The number of carbonyl (C=O) groups is 2. The summed E-state index contributed by atoms with van der Waals surface area (Å²) < 4.78 is 46.5. The Balaban J connectivity index is 1.75. The Bertz CT molecular complexity index is 1200. The molecule has 1 aliphatic rings. The predicted octanol–water partition coefficient (Wildman–Crippen LogP) is 4.25. The number of sulfonamides is 1. The first-order valence-electron chi connectivity index (χ1n) is 13.1. The number of hydrogen-bond donors (Lipinski definition) is 1.